The number of carbonyl (C=O) groups is 1. The number of hydrogen-bond donors (Lipinski definition) is 2. The van der Waals surface area contributed by atoms with Crippen molar-refractivity contribution < 1.29 is 15.0 Å². The van der Waals surface area contributed by atoms with E-state index in [0.29, 0.717) is 12.2 Å². The van der Waals surface area contributed by atoms with E-state index in [9.17, 15) is 15.0 Å². The molecule has 0 spiro atoms. The predicted octanol–water partition coefficient (Wildman–Crippen LogP) is 17.9. The van der Waals surface area contributed by atoms with Gasteiger partial charge in [-0.15, -0.1) is 0 Å². The summed E-state index contributed by atoms with van der Waals surface area (Å²) in [5, 5.41) is 22.4. The lowest BCUT2D eigenvalue weighted by atomic mass is 9.71. The van der Waals surface area contributed by atoms with E-state index in [0.717, 1.165) is 55.2 Å². The number of phenolic OH excluding ortho intramolecular Hbond substituents is 1. The Balaban J connectivity index is 2.67. The van der Waals surface area contributed by atoms with Crippen molar-refractivity contribution in [2.75, 3.05) is 0 Å². The summed E-state index contributed by atoms with van der Waals surface area (Å²) >= 11 is 0. The standard InChI is InChI=1S/C53H98O3/c1-9-11-13-15-17-19-21-23-25-27-29-31-33-35-37-39-41-53(50(55)56,45-46-43-47(51(3,4)5)49(54)48(44-46)52(6,7)8)42-40-38-36-34-32-30-28-26-24-22-20-18-16-14-12-10-2/h43-44,54H,9-42,45H2,1-8H3,(H,55,56). The second kappa shape index (κ2) is 31.4. The molecule has 0 atom stereocenters. The zero-order valence-corrected chi connectivity index (χ0v) is 39.2. The average Bonchev–Trinajstić information content (AvgIpc) is 3.13. The Labute approximate surface area is 350 Å². The number of carboxylic acid groups (broad SMARTS) is 1. The normalized spacial score (nSPS) is 12.5. The van der Waals surface area contributed by atoms with Crippen molar-refractivity contribution in [3.05, 3.63) is 28.8 Å². The summed E-state index contributed by atoms with van der Waals surface area (Å²) in [6.07, 6.45) is 44.6. The van der Waals surface area contributed by atoms with Crippen LogP contribution in [0, 0.1) is 5.41 Å². The molecule has 0 saturated carbocycles. The highest BCUT2D eigenvalue weighted by Gasteiger charge is 2.38. The van der Waals surface area contributed by atoms with E-state index in [4.69, 9.17) is 0 Å². The summed E-state index contributed by atoms with van der Waals surface area (Å²) in [6, 6.07) is 4.26. The molecule has 0 bridgehead atoms. The molecule has 3 heteroatoms. The molecule has 0 unspecified atom stereocenters. The van der Waals surface area contributed by atoms with E-state index in [-0.39, 0.29) is 10.8 Å². The van der Waals surface area contributed by atoms with Gasteiger partial charge in [-0.1, -0.05) is 273 Å². The summed E-state index contributed by atoms with van der Waals surface area (Å²) in [5.41, 5.74) is 1.73. The molecule has 0 radical (unpaired) electrons. The van der Waals surface area contributed by atoms with Crippen LogP contribution in [0.2, 0.25) is 0 Å². The van der Waals surface area contributed by atoms with Crippen molar-refractivity contribution >= 4 is 5.97 Å². The molecule has 1 aromatic rings. The fourth-order valence-corrected chi connectivity index (χ4v) is 8.94. The lowest BCUT2D eigenvalue weighted by molar-refractivity contribution is -0.150. The first-order chi connectivity index (χ1) is 26.8. The lowest BCUT2D eigenvalue weighted by Gasteiger charge is -2.33. The van der Waals surface area contributed by atoms with Crippen LogP contribution in [-0.2, 0) is 22.0 Å². The Hall–Kier alpha value is -1.51. The first-order valence-corrected chi connectivity index (χ1v) is 24.9. The first kappa shape index (κ1) is 52.5. The minimum Gasteiger partial charge on any atom is -0.507 e. The van der Waals surface area contributed by atoms with Crippen LogP contribution in [0.3, 0.4) is 0 Å². The van der Waals surface area contributed by atoms with E-state index < -0.39 is 11.4 Å². The van der Waals surface area contributed by atoms with Crippen LogP contribution in [0.25, 0.3) is 0 Å². The molecule has 3 nitrogen and oxygen atoms in total. The van der Waals surface area contributed by atoms with E-state index in [2.05, 4.69) is 67.5 Å². The van der Waals surface area contributed by atoms with Gasteiger partial charge < -0.3 is 10.2 Å². The maximum absolute atomic E-state index is 13.4. The molecular weight excluding hydrogens is 685 g/mol. The van der Waals surface area contributed by atoms with Crippen LogP contribution >= 0.6 is 0 Å². The van der Waals surface area contributed by atoms with Crippen molar-refractivity contribution in [2.24, 2.45) is 5.41 Å². The van der Waals surface area contributed by atoms with Crippen molar-refractivity contribution in [3.63, 3.8) is 0 Å². The number of aliphatic carboxylic acids is 1. The van der Waals surface area contributed by atoms with Crippen molar-refractivity contribution in [1.82, 2.24) is 0 Å². The molecule has 0 saturated heterocycles. The van der Waals surface area contributed by atoms with Crippen LogP contribution in [0.5, 0.6) is 5.75 Å². The van der Waals surface area contributed by atoms with Crippen LogP contribution in [0.4, 0.5) is 0 Å². The van der Waals surface area contributed by atoms with E-state index in [1.807, 2.05) is 0 Å². The molecule has 0 heterocycles. The van der Waals surface area contributed by atoms with Crippen molar-refractivity contribution in [1.29, 1.82) is 0 Å². The number of phenols is 1. The molecule has 2 N–H and O–H groups in total. The predicted molar refractivity (Wildman–Crippen MR) is 248 cm³/mol. The quantitative estimate of drug-likeness (QED) is 0.0661. The third-order valence-corrected chi connectivity index (χ3v) is 12.8. The van der Waals surface area contributed by atoms with Gasteiger partial charge in [0.05, 0.1) is 5.41 Å². The Kier molecular flexibility index (Phi) is 29.5. The average molecular weight is 783 g/mol. The van der Waals surface area contributed by atoms with Gasteiger partial charge in [0.2, 0.25) is 0 Å². The summed E-state index contributed by atoms with van der Waals surface area (Å²) in [4.78, 5) is 13.4. The van der Waals surface area contributed by atoms with Gasteiger partial charge in [0, 0.05) is 0 Å². The van der Waals surface area contributed by atoms with Gasteiger partial charge in [-0.2, -0.15) is 0 Å². The molecule has 0 aliphatic heterocycles. The van der Waals surface area contributed by atoms with Crippen LogP contribution in [0.15, 0.2) is 12.1 Å². The molecule has 0 amide bonds. The Morgan fingerprint density at radius 1 is 0.429 bits per heavy atom. The Bertz CT molecular complexity index is 1020. The zero-order valence-electron chi connectivity index (χ0n) is 39.2. The second-order valence-corrected chi connectivity index (χ2v) is 20.4. The zero-order chi connectivity index (χ0) is 41.5. The maximum atomic E-state index is 13.4. The van der Waals surface area contributed by atoms with Crippen LogP contribution < -0.4 is 0 Å². The molecule has 0 aliphatic rings. The number of aromatic hydroxyl groups is 1. The van der Waals surface area contributed by atoms with E-state index >= 15 is 0 Å². The van der Waals surface area contributed by atoms with Gasteiger partial charge in [-0.3, -0.25) is 4.79 Å². The fourth-order valence-electron chi connectivity index (χ4n) is 8.94. The van der Waals surface area contributed by atoms with Gasteiger partial charge >= 0.3 is 5.97 Å². The lowest BCUT2D eigenvalue weighted by Crippen LogP contribution is -2.34. The number of rotatable bonds is 37. The van der Waals surface area contributed by atoms with E-state index in [1.54, 1.807) is 0 Å². The molecular formula is C53H98O3. The number of benzene rings is 1. The largest absolute Gasteiger partial charge is 0.507 e. The van der Waals surface area contributed by atoms with Gasteiger partial charge in [-0.25, -0.2) is 0 Å². The topological polar surface area (TPSA) is 57.5 Å². The minimum atomic E-state index is -0.757. The number of unbranched alkanes of at least 4 members (excludes halogenated alkanes) is 30. The monoisotopic (exact) mass is 783 g/mol. The molecule has 0 fully saturated rings. The van der Waals surface area contributed by atoms with Crippen LogP contribution in [0.1, 0.15) is 290 Å². The number of carboxylic acids is 1. The molecule has 56 heavy (non-hydrogen) atoms. The third kappa shape index (κ3) is 24.4. The summed E-state index contributed by atoms with van der Waals surface area (Å²) in [6.45, 7) is 17.5. The maximum Gasteiger partial charge on any atom is 0.309 e. The smallest absolute Gasteiger partial charge is 0.309 e. The Morgan fingerprint density at radius 2 is 0.661 bits per heavy atom. The van der Waals surface area contributed by atoms with Gasteiger partial charge in [-0.05, 0) is 46.8 Å². The first-order valence-electron chi connectivity index (χ1n) is 24.9. The highest BCUT2D eigenvalue weighted by Crippen LogP contribution is 2.43. The highest BCUT2D eigenvalue weighted by molar-refractivity contribution is 5.75. The molecule has 1 aromatic carbocycles. The SMILES string of the molecule is CCCCCCCCCCCCCCCCCCC(CCCCCCCCCCCCCCCCCC)(Cc1cc(C(C)(C)C)c(O)c(C(C)(C)C)c1)C(=O)O. The highest BCUT2D eigenvalue weighted by atomic mass is 16.4. The molecule has 0 aromatic heterocycles. The van der Waals surface area contributed by atoms with Gasteiger partial charge in [0.25, 0.3) is 0 Å². The van der Waals surface area contributed by atoms with Crippen molar-refractivity contribution in [2.45, 2.75) is 291 Å². The van der Waals surface area contributed by atoms with Crippen molar-refractivity contribution in [3.8, 4) is 5.75 Å². The Morgan fingerprint density at radius 3 is 0.875 bits per heavy atom. The summed E-state index contributed by atoms with van der Waals surface area (Å²) in [5.74, 6) is -0.243. The third-order valence-electron chi connectivity index (χ3n) is 12.8. The fraction of sp³-hybridized carbons (Fsp3) is 0.868. The number of hydrogen-bond acceptors (Lipinski definition) is 2. The molecule has 1 rings (SSSR count). The van der Waals surface area contributed by atoms with Gasteiger partial charge in [0.15, 0.2) is 0 Å². The van der Waals surface area contributed by atoms with Gasteiger partial charge in [0.1, 0.15) is 5.75 Å². The summed E-state index contributed by atoms with van der Waals surface area (Å²) < 4.78 is 0. The summed E-state index contributed by atoms with van der Waals surface area (Å²) in [7, 11) is 0. The molecule has 0 aliphatic carbocycles. The van der Waals surface area contributed by atoms with Crippen LogP contribution in [-0.4, -0.2) is 16.2 Å². The van der Waals surface area contributed by atoms with E-state index in [1.165, 1.54) is 180 Å². The molecule has 328 valence electrons. The minimum absolute atomic E-state index is 0.228. The second-order valence-electron chi connectivity index (χ2n) is 20.4.